The van der Waals surface area contributed by atoms with Crippen molar-refractivity contribution in [2.75, 3.05) is 34.6 Å². The summed E-state index contributed by atoms with van der Waals surface area (Å²) in [6.45, 7) is 33.8. The van der Waals surface area contributed by atoms with Gasteiger partial charge in [-0.15, -0.1) is 0 Å². The summed E-state index contributed by atoms with van der Waals surface area (Å²) in [7, 11) is 1.76. The Morgan fingerprint density at radius 3 is 0.763 bits per heavy atom. The number of rotatable bonds is 32. The number of alkyl halides is 30. The zero-order chi connectivity index (χ0) is 96.4. The Labute approximate surface area is 659 Å². The van der Waals surface area contributed by atoms with Crippen LogP contribution in [0.15, 0.2) is 60.8 Å². The van der Waals surface area contributed by atoms with Crippen molar-refractivity contribution >= 4 is 29.8 Å². The number of aliphatic hydroxyl groups is 1. The third-order valence-corrected chi connectivity index (χ3v) is 15.1. The summed E-state index contributed by atoms with van der Waals surface area (Å²) in [5, 5.41) is 9.16. The van der Waals surface area contributed by atoms with Gasteiger partial charge in [0.25, 0.3) is 5.60 Å². The fourth-order valence-electron chi connectivity index (χ4n) is 9.23. The van der Waals surface area contributed by atoms with Crippen LogP contribution in [-0.2, 0) is 85.6 Å². The first-order chi connectivity index (χ1) is 51.5. The van der Waals surface area contributed by atoms with Crippen LogP contribution in [0.4, 0.5) is 132 Å². The minimum absolute atomic E-state index is 0.170. The molecule has 0 fully saturated rings. The van der Waals surface area contributed by atoms with E-state index in [1.165, 1.54) is 69.2 Å². The van der Waals surface area contributed by atoms with Crippen molar-refractivity contribution in [3.05, 3.63) is 60.8 Å². The molecule has 0 saturated carbocycles. The average Bonchev–Trinajstić information content (AvgIpc) is 0.732. The Kier molecular flexibility index (Phi) is 43.4. The van der Waals surface area contributed by atoms with E-state index in [0.717, 1.165) is 41.9 Å². The normalized spacial score (nSPS) is 14.5. The van der Waals surface area contributed by atoms with Crippen molar-refractivity contribution in [2.45, 2.75) is 301 Å². The molecule has 0 saturated heterocycles. The lowest BCUT2D eigenvalue weighted by atomic mass is 9.83. The molecule has 0 aromatic rings. The summed E-state index contributed by atoms with van der Waals surface area (Å²) in [5.41, 5.74) is -39.4. The van der Waals surface area contributed by atoms with Crippen LogP contribution < -0.4 is 0 Å². The number of hydrogen-bond donors (Lipinski definition) is 1. The smallest absolute Gasteiger partial charge is 0.430 e. The van der Waals surface area contributed by atoms with Crippen LogP contribution in [0, 0.1) is 11.8 Å². The molecule has 1 N–H and O–H groups in total. The molecule has 0 aliphatic carbocycles. The van der Waals surface area contributed by atoms with E-state index in [-0.39, 0.29) is 40.2 Å². The fourth-order valence-corrected chi connectivity index (χ4v) is 9.23. The molecule has 2 atom stereocenters. The molecule has 0 heterocycles. The summed E-state index contributed by atoms with van der Waals surface area (Å²) in [5.74, 6) is -7.96. The summed E-state index contributed by atoms with van der Waals surface area (Å²) in [4.78, 5) is 57.4. The maximum absolute atomic E-state index is 13.7. The Bertz CT molecular complexity index is 3210. The molecular formula is C69H98F30O19. The summed E-state index contributed by atoms with van der Waals surface area (Å²) in [6, 6.07) is 0. The van der Waals surface area contributed by atoms with Gasteiger partial charge in [-0.2, -0.15) is 132 Å². The summed E-state index contributed by atoms with van der Waals surface area (Å²) < 4.78 is 456. The van der Waals surface area contributed by atoms with Gasteiger partial charge in [0.05, 0.1) is 11.7 Å². The van der Waals surface area contributed by atoms with E-state index in [0.29, 0.717) is 55.4 Å². The van der Waals surface area contributed by atoms with E-state index in [4.69, 9.17) is 9.84 Å². The first-order valence-corrected chi connectivity index (χ1v) is 33.2. The van der Waals surface area contributed by atoms with Crippen LogP contribution in [0.3, 0.4) is 0 Å². The van der Waals surface area contributed by atoms with Gasteiger partial charge in [-0.05, 0) is 137 Å². The molecule has 0 aromatic heterocycles. The largest absolute Gasteiger partial charge is 0.459 e. The molecule has 2 unspecified atom stereocenters. The number of carbonyl (C=O) groups excluding carboxylic acids is 5. The van der Waals surface area contributed by atoms with Crippen LogP contribution >= 0.6 is 0 Å². The summed E-state index contributed by atoms with van der Waals surface area (Å²) in [6.07, 6.45) is -65.8. The van der Waals surface area contributed by atoms with E-state index in [1.54, 1.807) is 0 Å². The highest BCUT2D eigenvalue weighted by atomic mass is 19.5. The SMILES string of the molecule is C=C(C)C(=O)OC(C)(C)C(OC(OC)C(C)C)(C(F)(F)F)C(F)(F)F.C=C(C)C(=O)OC(C)(C)C(OCOC(C)(C)C)(C(F)(F)F)C(F)(F)F.C=C(C)C(=O)OC(C)(C)C(OCOC(C)C)(C(F)(F)F)C(F)(F)F.C=C(C)C(=O)OC(C)(C)C(OCOC)(C(F)(F)F)C(F)(F)F.C=C(C)C(=O)OC(CC(C)C)CC(O)(C(F)(F)F)C(F)(F)F. The first-order valence-electron chi connectivity index (χ1n) is 33.2. The van der Waals surface area contributed by atoms with Crippen molar-refractivity contribution in [3.8, 4) is 0 Å². The van der Waals surface area contributed by atoms with Crippen LogP contribution in [0.1, 0.15) is 165 Å². The second-order valence-electron chi connectivity index (χ2n) is 29.4. The second kappa shape index (κ2) is 42.6. The maximum Gasteiger partial charge on any atom is 0.430 e. The van der Waals surface area contributed by atoms with E-state index in [9.17, 15) is 156 Å². The van der Waals surface area contributed by atoms with Gasteiger partial charge < -0.3 is 66.7 Å². The molecular weight excluding hydrogens is 1700 g/mol. The first kappa shape index (κ1) is 120. The highest BCUT2D eigenvalue weighted by Crippen LogP contribution is 2.59. The lowest BCUT2D eigenvalue weighted by Gasteiger charge is -2.48. The van der Waals surface area contributed by atoms with Gasteiger partial charge in [-0.1, -0.05) is 60.6 Å². The molecule has 49 heteroatoms. The van der Waals surface area contributed by atoms with E-state index in [2.05, 4.69) is 89.7 Å². The molecule has 698 valence electrons. The second-order valence-corrected chi connectivity index (χ2v) is 29.4. The third-order valence-electron chi connectivity index (χ3n) is 15.1. The topological polar surface area (TPSA) is 226 Å². The molecule has 19 nitrogen and oxygen atoms in total. The number of methoxy groups -OCH3 is 2. The zero-order valence-electron chi connectivity index (χ0n) is 68.1. The lowest BCUT2D eigenvalue weighted by Crippen LogP contribution is -2.72. The summed E-state index contributed by atoms with van der Waals surface area (Å²) >= 11 is 0. The molecule has 0 amide bonds. The third kappa shape index (κ3) is 31.2. The van der Waals surface area contributed by atoms with E-state index < -0.39 is 199 Å². The Morgan fingerprint density at radius 2 is 0.576 bits per heavy atom. The van der Waals surface area contributed by atoms with Gasteiger partial charge in [-0.3, -0.25) is 0 Å². The van der Waals surface area contributed by atoms with Gasteiger partial charge in [0.1, 0.15) is 26.5 Å². The molecule has 118 heavy (non-hydrogen) atoms. The van der Waals surface area contributed by atoms with Crippen LogP contribution in [-0.4, -0.2) is 206 Å². The standard InChI is InChI=1S/2C15H22F6O4.C14H20F6O4.C13H18F6O3.C12H16F6O4/c1-9(2)10(22)25-12(6,7)13(14(16,17)18,15(19,20)21)24-8-23-11(3,4)5;1-8(2)10(22)24-12(5,6)13(14(16,17)18,15(19,20)21)25-11(23-7)9(3)4;1-8(2)10(21)24-11(5,6)12(13(15,16)17,14(18,19)20)23-7-22-9(3)4;1-7(2)5-9(22-10(20)8(3)4)6-11(21,12(14,15)16)13(17,18)19;1-7(2)8(19)22-9(3,4)10(11(13,14)15,12(16,17)18)21-6-20-5/h1,8H2,2-7H3;9,11H,1H2,2-7H3;9H,1,7H2,2-6H3;7,9,21H,3,5-6H2,1-2,4H3;1,6H2,2-5H3. The molecule has 0 spiro atoms. The Balaban J connectivity index is -0.000000451. The maximum atomic E-state index is 13.7. The average molecular weight is 1800 g/mol. The van der Waals surface area contributed by atoms with Crippen molar-refractivity contribution in [3.63, 3.8) is 0 Å². The monoisotopic (exact) mass is 1800 g/mol. The van der Waals surface area contributed by atoms with Crippen molar-refractivity contribution in [1.29, 1.82) is 0 Å². The van der Waals surface area contributed by atoms with Gasteiger partial charge in [-0.25, -0.2) is 24.0 Å². The minimum atomic E-state index is -5.96. The van der Waals surface area contributed by atoms with Crippen LogP contribution in [0.25, 0.3) is 0 Å². The van der Waals surface area contributed by atoms with Crippen molar-refractivity contribution < 1.29 is 222 Å². The highest BCUT2D eigenvalue weighted by Gasteiger charge is 2.85. The van der Waals surface area contributed by atoms with E-state index in [1.807, 2.05) is 0 Å². The number of carbonyl (C=O) groups is 5. The number of ether oxygens (including phenoxy) is 13. The van der Waals surface area contributed by atoms with E-state index >= 15 is 0 Å². The van der Waals surface area contributed by atoms with Gasteiger partial charge >= 0.3 is 114 Å². The highest BCUT2D eigenvalue weighted by molar-refractivity contribution is 5.89. The molecule has 0 radical (unpaired) electrons. The number of halogens is 30. The fraction of sp³-hybridized carbons (Fsp3) is 0.783. The number of hydrogen-bond acceptors (Lipinski definition) is 19. The molecule has 0 aliphatic rings. The Hall–Kier alpha value is -6.41. The van der Waals surface area contributed by atoms with Crippen LogP contribution in [0.5, 0.6) is 0 Å². The molecule has 0 bridgehead atoms. The predicted molar refractivity (Wildman–Crippen MR) is 354 cm³/mol. The lowest BCUT2D eigenvalue weighted by molar-refractivity contribution is -0.445. The minimum Gasteiger partial charge on any atom is -0.459 e. The predicted octanol–water partition coefficient (Wildman–Crippen LogP) is 20.2. The molecule has 0 aromatic carbocycles. The van der Waals surface area contributed by atoms with Gasteiger partial charge in [0.15, 0.2) is 28.7 Å². The van der Waals surface area contributed by atoms with Gasteiger partial charge in [0.2, 0.25) is 0 Å². The molecule has 0 aliphatic heterocycles. The van der Waals surface area contributed by atoms with Crippen molar-refractivity contribution in [2.24, 2.45) is 11.8 Å². The quantitative estimate of drug-likeness (QED) is 0.0217. The van der Waals surface area contributed by atoms with Crippen molar-refractivity contribution in [1.82, 2.24) is 0 Å². The van der Waals surface area contributed by atoms with Crippen LogP contribution in [0.2, 0.25) is 0 Å². The van der Waals surface area contributed by atoms with Gasteiger partial charge in [0, 0.05) is 54.4 Å². The Morgan fingerprint density at radius 1 is 0.339 bits per heavy atom. The number of esters is 5. The molecule has 0 rings (SSSR count). The zero-order valence-corrected chi connectivity index (χ0v) is 68.1.